The van der Waals surface area contributed by atoms with Gasteiger partial charge in [-0.1, -0.05) is 43.0 Å². The number of halogens is 1. The number of amides is 1. The molecule has 0 aromatic heterocycles. The minimum absolute atomic E-state index is 0.0884. The molecule has 2 aliphatic rings. The molecule has 6 heteroatoms. The van der Waals surface area contributed by atoms with Crippen molar-refractivity contribution in [2.75, 3.05) is 26.2 Å². The fraction of sp³-hybridized carbons (Fsp3) is 0.650. The summed E-state index contributed by atoms with van der Waals surface area (Å²) in [5, 5.41) is 25.0. The number of β-amino-alcohol motifs (C(OH)–C–C–N with tert-alkyl or cyclic N) is 2. The van der Waals surface area contributed by atoms with Gasteiger partial charge in [0, 0.05) is 18.1 Å². The summed E-state index contributed by atoms with van der Waals surface area (Å²) in [6.07, 6.45) is 5.69. The predicted molar refractivity (Wildman–Crippen MR) is 102 cm³/mol. The van der Waals surface area contributed by atoms with Crippen LogP contribution in [-0.4, -0.2) is 58.9 Å². The maximum absolute atomic E-state index is 12.5. The van der Waals surface area contributed by atoms with E-state index >= 15 is 0 Å². The zero-order valence-electron chi connectivity index (χ0n) is 15.2. The fourth-order valence-electron chi connectivity index (χ4n) is 4.02. The van der Waals surface area contributed by atoms with E-state index in [-0.39, 0.29) is 25.4 Å². The summed E-state index contributed by atoms with van der Waals surface area (Å²) in [6, 6.07) is 7.17. The number of aliphatic hydroxyl groups excluding tert-OH is 1. The summed E-state index contributed by atoms with van der Waals surface area (Å²) >= 11 is 5.87. The van der Waals surface area contributed by atoms with E-state index in [0.717, 1.165) is 12.1 Å². The third-order valence-corrected chi connectivity index (χ3v) is 5.94. The molecule has 0 spiro atoms. The lowest BCUT2D eigenvalue weighted by molar-refractivity contribution is -0.130. The molecule has 3 N–H and O–H groups in total. The van der Waals surface area contributed by atoms with Crippen LogP contribution in [0.1, 0.15) is 37.7 Å². The lowest BCUT2D eigenvalue weighted by Gasteiger charge is -2.28. The monoisotopic (exact) mass is 380 g/mol. The topological polar surface area (TPSA) is 72.8 Å². The van der Waals surface area contributed by atoms with Gasteiger partial charge in [0.25, 0.3) is 0 Å². The average molecular weight is 381 g/mol. The van der Waals surface area contributed by atoms with Crippen LogP contribution in [0.3, 0.4) is 0 Å². The number of carbonyl (C=O) groups is 1. The average Bonchev–Trinajstić information content (AvgIpc) is 2.93. The van der Waals surface area contributed by atoms with Crippen LogP contribution in [-0.2, 0) is 11.2 Å². The second kappa shape index (κ2) is 8.70. The smallest absolute Gasteiger partial charge is 0.227 e. The number of hydrogen-bond acceptors (Lipinski definition) is 4. The Morgan fingerprint density at radius 3 is 2.62 bits per heavy atom. The maximum Gasteiger partial charge on any atom is 0.227 e. The summed E-state index contributed by atoms with van der Waals surface area (Å²) in [7, 11) is 0. The molecule has 1 saturated carbocycles. The zero-order chi connectivity index (χ0) is 18.6. The number of carbonyl (C=O) groups excluding carboxylic acids is 1. The van der Waals surface area contributed by atoms with E-state index in [9.17, 15) is 15.0 Å². The van der Waals surface area contributed by atoms with Gasteiger partial charge in [0.1, 0.15) is 11.7 Å². The standard InChI is InChI=1S/C20H29ClN2O3/c21-17-8-6-15(7-9-17)10-19(25)23-12-18(24)20(26,14-23)13-22-11-16-4-2-1-3-5-16/h6-9,16,18,22,24,26H,1-5,10-14H2/t18-,20+/m1/s1. The Kier molecular flexibility index (Phi) is 6.56. The highest BCUT2D eigenvalue weighted by Crippen LogP contribution is 2.25. The van der Waals surface area contributed by atoms with Gasteiger partial charge in [0.2, 0.25) is 5.91 Å². The summed E-state index contributed by atoms with van der Waals surface area (Å²) in [5.74, 6) is 0.572. The van der Waals surface area contributed by atoms with Crippen molar-refractivity contribution in [1.82, 2.24) is 10.2 Å². The number of rotatable bonds is 6. The van der Waals surface area contributed by atoms with Crippen LogP contribution in [0.4, 0.5) is 0 Å². The maximum atomic E-state index is 12.5. The van der Waals surface area contributed by atoms with E-state index in [2.05, 4.69) is 5.32 Å². The number of likely N-dealkylation sites (tertiary alicyclic amines) is 1. The van der Waals surface area contributed by atoms with Crippen LogP contribution in [0.5, 0.6) is 0 Å². The van der Waals surface area contributed by atoms with Gasteiger partial charge in [0.15, 0.2) is 0 Å². The third-order valence-electron chi connectivity index (χ3n) is 5.69. The Labute approximate surface area is 160 Å². The van der Waals surface area contributed by atoms with Crippen molar-refractivity contribution in [1.29, 1.82) is 0 Å². The third kappa shape index (κ3) is 4.97. The Morgan fingerprint density at radius 1 is 1.23 bits per heavy atom. The highest BCUT2D eigenvalue weighted by atomic mass is 35.5. The molecule has 3 rings (SSSR count). The number of benzene rings is 1. The lowest BCUT2D eigenvalue weighted by atomic mass is 9.89. The summed E-state index contributed by atoms with van der Waals surface area (Å²) in [4.78, 5) is 14.1. The largest absolute Gasteiger partial charge is 0.388 e. The highest BCUT2D eigenvalue weighted by Gasteiger charge is 2.45. The van der Waals surface area contributed by atoms with E-state index < -0.39 is 11.7 Å². The normalized spacial score (nSPS) is 27.0. The fourth-order valence-corrected chi connectivity index (χ4v) is 4.14. The predicted octanol–water partition coefficient (Wildman–Crippen LogP) is 1.99. The van der Waals surface area contributed by atoms with Gasteiger partial charge >= 0.3 is 0 Å². The number of nitrogens with one attached hydrogen (secondary N) is 1. The molecule has 1 aliphatic heterocycles. The molecular weight excluding hydrogens is 352 g/mol. The molecule has 144 valence electrons. The molecular formula is C20H29ClN2O3. The lowest BCUT2D eigenvalue weighted by Crippen LogP contribution is -2.51. The molecule has 5 nitrogen and oxygen atoms in total. The van der Waals surface area contributed by atoms with Crippen molar-refractivity contribution in [2.24, 2.45) is 5.92 Å². The Hall–Kier alpha value is -1.14. The number of hydrogen-bond donors (Lipinski definition) is 3. The van der Waals surface area contributed by atoms with Gasteiger partial charge in [0.05, 0.1) is 13.0 Å². The molecule has 2 fully saturated rings. The Bertz CT molecular complexity index is 604. The van der Waals surface area contributed by atoms with Crippen molar-refractivity contribution in [3.05, 3.63) is 34.9 Å². The van der Waals surface area contributed by atoms with Gasteiger partial charge in [-0.2, -0.15) is 0 Å². The zero-order valence-corrected chi connectivity index (χ0v) is 15.9. The van der Waals surface area contributed by atoms with Crippen molar-refractivity contribution < 1.29 is 15.0 Å². The van der Waals surface area contributed by atoms with E-state index in [1.807, 2.05) is 12.1 Å². The van der Waals surface area contributed by atoms with Crippen LogP contribution >= 0.6 is 11.6 Å². The first-order chi connectivity index (χ1) is 12.5. The van der Waals surface area contributed by atoms with Crippen LogP contribution in [0.15, 0.2) is 24.3 Å². The van der Waals surface area contributed by atoms with Gasteiger partial charge < -0.3 is 20.4 Å². The second-order valence-corrected chi connectivity index (χ2v) is 8.27. The van der Waals surface area contributed by atoms with Gasteiger partial charge in [-0.3, -0.25) is 4.79 Å². The van der Waals surface area contributed by atoms with E-state index in [1.54, 1.807) is 17.0 Å². The van der Waals surface area contributed by atoms with Crippen molar-refractivity contribution in [3.8, 4) is 0 Å². The van der Waals surface area contributed by atoms with Crippen molar-refractivity contribution >= 4 is 17.5 Å². The minimum atomic E-state index is -1.27. The van der Waals surface area contributed by atoms with Gasteiger partial charge in [-0.15, -0.1) is 0 Å². The molecule has 1 aromatic rings. The van der Waals surface area contributed by atoms with Gasteiger partial charge in [-0.05, 0) is 43.0 Å². The summed E-state index contributed by atoms with van der Waals surface area (Å²) in [5.41, 5.74) is -0.399. The molecule has 1 aliphatic carbocycles. The number of aliphatic hydroxyl groups is 2. The van der Waals surface area contributed by atoms with Crippen LogP contribution in [0.25, 0.3) is 0 Å². The summed E-state index contributed by atoms with van der Waals surface area (Å²) < 4.78 is 0. The molecule has 0 unspecified atom stereocenters. The van der Waals surface area contributed by atoms with E-state index in [0.29, 0.717) is 17.5 Å². The van der Waals surface area contributed by atoms with E-state index in [4.69, 9.17) is 11.6 Å². The quantitative estimate of drug-likeness (QED) is 0.705. The molecule has 26 heavy (non-hydrogen) atoms. The minimum Gasteiger partial charge on any atom is -0.388 e. The molecule has 0 bridgehead atoms. The number of nitrogens with zero attached hydrogens (tertiary/aromatic N) is 1. The van der Waals surface area contributed by atoms with E-state index in [1.165, 1.54) is 32.1 Å². The second-order valence-electron chi connectivity index (χ2n) is 7.83. The molecule has 0 radical (unpaired) electrons. The van der Waals surface area contributed by atoms with Crippen molar-refractivity contribution in [3.63, 3.8) is 0 Å². The first-order valence-corrected chi connectivity index (χ1v) is 9.97. The first kappa shape index (κ1) is 19.6. The SMILES string of the molecule is O=C(Cc1ccc(Cl)cc1)N1C[C@@H](O)[C@](O)(CNCC2CCCCC2)C1. The molecule has 1 amide bonds. The van der Waals surface area contributed by atoms with Gasteiger partial charge in [-0.25, -0.2) is 0 Å². The Morgan fingerprint density at radius 2 is 1.92 bits per heavy atom. The molecule has 2 atom stereocenters. The molecule has 1 saturated heterocycles. The Balaban J connectivity index is 1.48. The van der Waals surface area contributed by atoms with Crippen molar-refractivity contribution in [2.45, 2.75) is 50.2 Å². The van der Waals surface area contributed by atoms with Crippen LogP contribution in [0, 0.1) is 5.92 Å². The molecule has 1 heterocycles. The summed E-state index contributed by atoms with van der Waals surface area (Å²) in [6.45, 7) is 1.52. The first-order valence-electron chi connectivity index (χ1n) is 9.60. The van der Waals surface area contributed by atoms with Crippen LogP contribution in [0.2, 0.25) is 5.02 Å². The molecule has 1 aromatic carbocycles. The highest BCUT2D eigenvalue weighted by molar-refractivity contribution is 6.30. The van der Waals surface area contributed by atoms with Crippen LogP contribution < -0.4 is 5.32 Å².